The van der Waals surface area contributed by atoms with Crippen LogP contribution in [0.5, 0.6) is 0 Å². The lowest BCUT2D eigenvalue weighted by atomic mass is 10.0. The van der Waals surface area contributed by atoms with Crippen molar-refractivity contribution < 1.29 is 24.6 Å². The monoisotopic (exact) mass is 468 g/mol. The van der Waals surface area contributed by atoms with Crippen LogP contribution in [0.1, 0.15) is 122 Å². The molecule has 2 rings (SSSR count). The fourth-order valence-electron chi connectivity index (χ4n) is 4.65. The molecule has 0 aromatic heterocycles. The zero-order valence-corrected chi connectivity index (χ0v) is 20.9. The van der Waals surface area contributed by atoms with Crippen LogP contribution in [0.15, 0.2) is 0 Å². The lowest BCUT2D eigenvalue weighted by molar-refractivity contribution is -0.148. The summed E-state index contributed by atoms with van der Waals surface area (Å²) in [6, 6.07) is -0.843. The number of carbonyl (C=O) groups is 3. The molecule has 2 aliphatic rings. The minimum Gasteiger partial charge on any atom is -0.480 e. The highest BCUT2D eigenvalue weighted by molar-refractivity contribution is 5.84. The van der Waals surface area contributed by atoms with Gasteiger partial charge < -0.3 is 20.4 Å². The van der Waals surface area contributed by atoms with Crippen molar-refractivity contribution in [1.29, 1.82) is 0 Å². The molecule has 7 heteroatoms. The summed E-state index contributed by atoms with van der Waals surface area (Å²) in [6.07, 6.45) is 20.5. The summed E-state index contributed by atoms with van der Waals surface area (Å²) in [5.74, 6) is -1.54. The van der Waals surface area contributed by atoms with E-state index in [4.69, 9.17) is 10.2 Å². The van der Waals surface area contributed by atoms with Crippen LogP contribution in [-0.2, 0) is 14.4 Å². The summed E-state index contributed by atoms with van der Waals surface area (Å²) >= 11 is 0. The smallest absolute Gasteiger partial charge is 0.326 e. The van der Waals surface area contributed by atoms with E-state index >= 15 is 0 Å². The average molecular weight is 469 g/mol. The minimum atomic E-state index is -0.851. The number of hydrogen-bond acceptors (Lipinski definition) is 4. The highest BCUT2D eigenvalue weighted by atomic mass is 16.4. The van der Waals surface area contributed by atoms with Crippen molar-refractivity contribution in [3.05, 3.63) is 0 Å². The normalized spacial score (nSPS) is 19.8. The van der Waals surface area contributed by atoms with E-state index in [1.807, 2.05) is 0 Å². The van der Waals surface area contributed by atoms with Crippen molar-refractivity contribution in [2.24, 2.45) is 0 Å². The average Bonchev–Trinajstić information content (AvgIpc) is 3.50. The molecule has 2 fully saturated rings. The van der Waals surface area contributed by atoms with E-state index in [1.54, 1.807) is 4.90 Å². The second kappa shape index (κ2) is 18.8. The minimum absolute atomic E-state index is 0.0352. The predicted octanol–water partition coefficient (Wildman–Crippen LogP) is 5.37. The number of amides is 1. The molecule has 1 amide bonds. The van der Waals surface area contributed by atoms with E-state index in [-0.39, 0.29) is 11.9 Å². The van der Waals surface area contributed by atoms with Crippen LogP contribution in [0.25, 0.3) is 0 Å². The van der Waals surface area contributed by atoms with Gasteiger partial charge in [0.1, 0.15) is 12.1 Å². The molecule has 7 nitrogen and oxygen atoms in total. The van der Waals surface area contributed by atoms with Gasteiger partial charge in [0.15, 0.2) is 0 Å². The summed E-state index contributed by atoms with van der Waals surface area (Å²) < 4.78 is 0. The van der Waals surface area contributed by atoms with E-state index < -0.39 is 18.0 Å². The van der Waals surface area contributed by atoms with E-state index in [0.29, 0.717) is 19.4 Å². The highest BCUT2D eigenvalue weighted by Gasteiger charge is 2.33. The third-order valence-corrected chi connectivity index (χ3v) is 6.71. The van der Waals surface area contributed by atoms with Gasteiger partial charge in [-0.15, -0.1) is 0 Å². The molecule has 0 bridgehead atoms. The second-order valence-electron chi connectivity index (χ2n) is 9.56. The molecule has 0 unspecified atom stereocenters. The van der Waals surface area contributed by atoms with Gasteiger partial charge in [-0.3, -0.25) is 9.59 Å². The summed E-state index contributed by atoms with van der Waals surface area (Å²) in [5.41, 5.74) is 0. The van der Waals surface area contributed by atoms with Crippen LogP contribution in [0, 0.1) is 0 Å². The number of carboxylic acids is 2. The van der Waals surface area contributed by atoms with Gasteiger partial charge >= 0.3 is 11.9 Å². The molecule has 0 aromatic rings. The number of carbonyl (C=O) groups excluding carboxylic acids is 1. The number of hydrogen-bond donors (Lipinski definition) is 3. The van der Waals surface area contributed by atoms with Crippen molar-refractivity contribution in [3.8, 4) is 0 Å². The van der Waals surface area contributed by atoms with Gasteiger partial charge in [0, 0.05) is 13.0 Å². The molecule has 33 heavy (non-hydrogen) atoms. The third kappa shape index (κ3) is 13.6. The molecule has 0 spiro atoms. The fraction of sp³-hybridized carbons (Fsp3) is 0.885. The van der Waals surface area contributed by atoms with Crippen LogP contribution >= 0.6 is 0 Å². The van der Waals surface area contributed by atoms with Gasteiger partial charge in [0.2, 0.25) is 5.91 Å². The van der Waals surface area contributed by atoms with Gasteiger partial charge in [-0.05, 0) is 38.6 Å². The second-order valence-corrected chi connectivity index (χ2v) is 9.56. The topological polar surface area (TPSA) is 107 Å². The van der Waals surface area contributed by atoms with Crippen molar-refractivity contribution in [1.82, 2.24) is 10.2 Å². The number of unbranched alkanes of at least 4 members (excludes halogenated alkanes) is 12. The largest absolute Gasteiger partial charge is 0.480 e. The summed E-state index contributed by atoms with van der Waals surface area (Å²) in [4.78, 5) is 34.9. The van der Waals surface area contributed by atoms with Crippen LogP contribution in [-0.4, -0.2) is 58.1 Å². The highest BCUT2D eigenvalue weighted by Crippen LogP contribution is 2.20. The van der Waals surface area contributed by atoms with Crippen LogP contribution in [0.4, 0.5) is 0 Å². The molecule has 2 heterocycles. The van der Waals surface area contributed by atoms with Crippen LogP contribution in [0.3, 0.4) is 0 Å². The van der Waals surface area contributed by atoms with Gasteiger partial charge in [-0.2, -0.15) is 0 Å². The number of likely N-dealkylation sites (tertiary alicyclic amines) is 1. The van der Waals surface area contributed by atoms with E-state index in [9.17, 15) is 14.4 Å². The molecule has 2 aliphatic heterocycles. The Bertz CT molecular complexity index is 549. The molecule has 192 valence electrons. The lowest BCUT2D eigenvalue weighted by Crippen LogP contribution is -2.40. The number of nitrogens with one attached hydrogen (secondary N) is 1. The zero-order valence-electron chi connectivity index (χ0n) is 20.9. The van der Waals surface area contributed by atoms with Gasteiger partial charge in [-0.25, -0.2) is 4.79 Å². The summed E-state index contributed by atoms with van der Waals surface area (Å²) in [5, 5.41) is 20.3. The van der Waals surface area contributed by atoms with E-state index in [2.05, 4.69) is 12.2 Å². The first-order valence-corrected chi connectivity index (χ1v) is 13.5. The van der Waals surface area contributed by atoms with Crippen LogP contribution in [0.2, 0.25) is 0 Å². The Morgan fingerprint density at radius 3 is 1.73 bits per heavy atom. The first kappa shape index (κ1) is 29.4. The van der Waals surface area contributed by atoms with Crippen molar-refractivity contribution in [3.63, 3.8) is 0 Å². The summed E-state index contributed by atoms with van der Waals surface area (Å²) in [6.45, 7) is 3.74. The number of carboxylic acid groups (broad SMARTS) is 2. The zero-order chi connectivity index (χ0) is 24.3. The van der Waals surface area contributed by atoms with Crippen molar-refractivity contribution in [2.45, 2.75) is 135 Å². The number of aliphatic carboxylic acids is 2. The molecular weight excluding hydrogens is 420 g/mol. The molecule has 2 atom stereocenters. The van der Waals surface area contributed by atoms with E-state index in [0.717, 1.165) is 38.6 Å². The maximum Gasteiger partial charge on any atom is 0.326 e. The maximum absolute atomic E-state index is 12.1. The Kier molecular flexibility index (Phi) is 16.7. The van der Waals surface area contributed by atoms with Crippen molar-refractivity contribution in [2.75, 3.05) is 13.1 Å². The molecule has 0 aliphatic carbocycles. The Morgan fingerprint density at radius 1 is 0.758 bits per heavy atom. The summed E-state index contributed by atoms with van der Waals surface area (Å²) in [7, 11) is 0. The van der Waals surface area contributed by atoms with Gasteiger partial charge in [0.05, 0.1) is 0 Å². The number of rotatable bonds is 16. The number of nitrogens with zero attached hydrogens (tertiary/aromatic N) is 1. The van der Waals surface area contributed by atoms with Crippen LogP contribution < -0.4 is 5.32 Å². The quantitative estimate of drug-likeness (QED) is 0.263. The first-order valence-electron chi connectivity index (χ1n) is 13.5. The van der Waals surface area contributed by atoms with E-state index in [1.165, 1.54) is 70.6 Å². The maximum atomic E-state index is 12.1. The Hall–Kier alpha value is -1.63. The van der Waals surface area contributed by atoms with Gasteiger partial charge in [-0.1, -0.05) is 84.0 Å². The molecule has 0 aromatic carbocycles. The molecule has 2 saturated heterocycles. The van der Waals surface area contributed by atoms with Crippen molar-refractivity contribution >= 4 is 17.8 Å². The molecule has 0 saturated carbocycles. The Balaban J connectivity index is 0.000000568. The Morgan fingerprint density at radius 2 is 1.30 bits per heavy atom. The lowest BCUT2D eigenvalue weighted by Gasteiger charge is -2.21. The molecule has 3 N–H and O–H groups in total. The SMILES string of the molecule is CCCCCCCCCCCCCCCC(=O)N1CCC[C@H]1C(=O)O.O=C(O)[C@@H]1CCCN1. The molecule has 0 radical (unpaired) electrons. The first-order chi connectivity index (χ1) is 16.0. The third-order valence-electron chi connectivity index (χ3n) is 6.71. The predicted molar refractivity (Wildman–Crippen MR) is 131 cm³/mol. The Labute approximate surface area is 200 Å². The van der Waals surface area contributed by atoms with Gasteiger partial charge in [0.25, 0.3) is 0 Å². The standard InChI is InChI=1S/C21H39NO3.C5H9NO2/c1-2-3-4-5-6-7-8-9-10-11-12-13-14-17-20(23)22-18-15-16-19(22)21(24)25;7-5(8)4-2-1-3-6-4/h19H,2-18H2,1H3,(H,24,25);4,6H,1-3H2,(H,7,8)/t19-;4-/m00/s1. The molecular formula is C26H48N2O5. The fourth-order valence-corrected chi connectivity index (χ4v) is 4.65.